The number of benzene rings is 1. The van der Waals surface area contributed by atoms with Crippen molar-refractivity contribution < 1.29 is 4.79 Å². The molecule has 2 aromatic rings. The van der Waals surface area contributed by atoms with Gasteiger partial charge < -0.3 is 4.90 Å². The third-order valence-corrected chi connectivity index (χ3v) is 3.95. The van der Waals surface area contributed by atoms with E-state index in [0.29, 0.717) is 29.7 Å². The number of alkyl halides is 1. The maximum atomic E-state index is 12.6. The van der Waals surface area contributed by atoms with Crippen molar-refractivity contribution in [1.82, 2.24) is 14.5 Å². The zero-order chi connectivity index (χ0) is 14.3. The molecule has 0 saturated carbocycles. The maximum Gasteiger partial charge on any atom is 0.262 e. The van der Waals surface area contributed by atoms with Gasteiger partial charge in [-0.25, -0.2) is 4.98 Å². The smallest absolute Gasteiger partial charge is 0.262 e. The van der Waals surface area contributed by atoms with Crippen molar-refractivity contribution >= 4 is 28.4 Å². The van der Waals surface area contributed by atoms with Crippen LogP contribution >= 0.6 is 11.6 Å². The van der Waals surface area contributed by atoms with Crippen LogP contribution in [0.4, 0.5) is 0 Å². The van der Waals surface area contributed by atoms with Gasteiger partial charge in [-0.2, -0.15) is 0 Å². The summed E-state index contributed by atoms with van der Waals surface area (Å²) in [4.78, 5) is 30.8. The molecule has 1 fully saturated rings. The normalized spacial score (nSPS) is 19.0. The quantitative estimate of drug-likeness (QED) is 0.789. The van der Waals surface area contributed by atoms with Crippen LogP contribution in [0.25, 0.3) is 10.9 Å². The van der Waals surface area contributed by atoms with E-state index in [0.717, 1.165) is 0 Å². The van der Waals surface area contributed by atoms with Gasteiger partial charge >= 0.3 is 0 Å². The summed E-state index contributed by atoms with van der Waals surface area (Å²) in [5, 5.41) is 0.517. The van der Waals surface area contributed by atoms with Crippen LogP contribution in [0.15, 0.2) is 29.1 Å². The molecule has 3 rings (SSSR count). The molecular weight excluding hydrogens is 278 g/mol. The van der Waals surface area contributed by atoms with Gasteiger partial charge in [0.05, 0.1) is 16.8 Å². The fourth-order valence-corrected chi connectivity index (χ4v) is 2.84. The number of nitrogens with zero attached hydrogens (tertiary/aromatic N) is 3. The Morgan fingerprint density at radius 2 is 2.10 bits per heavy atom. The summed E-state index contributed by atoms with van der Waals surface area (Å²) in [5.74, 6) is 0.493. The van der Waals surface area contributed by atoms with Gasteiger partial charge in [0.25, 0.3) is 5.56 Å². The van der Waals surface area contributed by atoms with Crippen molar-refractivity contribution in [3.63, 3.8) is 0 Å². The summed E-state index contributed by atoms with van der Waals surface area (Å²) in [6.07, 6.45) is 0.610. The van der Waals surface area contributed by atoms with E-state index in [2.05, 4.69) is 4.98 Å². The number of carbonyl (C=O) groups is 1. The molecule has 0 aliphatic carbocycles. The second-order valence-corrected chi connectivity index (χ2v) is 5.19. The molecular formula is C14H14ClN3O2. The minimum atomic E-state index is -0.488. The van der Waals surface area contributed by atoms with Crippen molar-refractivity contribution in [2.45, 2.75) is 18.3 Å². The lowest BCUT2D eigenvalue weighted by atomic mass is 10.2. The number of carbonyl (C=O) groups excluding carboxylic acids is 1. The van der Waals surface area contributed by atoms with Gasteiger partial charge in [0.15, 0.2) is 0 Å². The third kappa shape index (κ3) is 1.89. The molecule has 1 aliphatic rings. The standard InChI is InChI=1S/C14H14ClN3O2/c1-17-7-6-11(14(17)20)18-12(8-15)16-10-5-3-2-4-9(10)13(18)19/h2-5,11H,6-8H2,1H3. The summed E-state index contributed by atoms with van der Waals surface area (Å²) in [6, 6.07) is 6.63. The summed E-state index contributed by atoms with van der Waals surface area (Å²) >= 11 is 5.92. The highest BCUT2D eigenvalue weighted by molar-refractivity contribution is 6.16. The fourth-order valence-electron chi connectivity index (χ4n) is 2.65. The molecule has 1 amide bonds. The molecule has 0 radical (unpaired) electrons. The molecule has 0 bridgehead atoms. The van der Waals surface area contributed by atoms with Gasteiger partial charge in [0.1, 0.15) is 11.9 Å². The predicted octanol–water partition coefficient (Wildman–Crippen LogP) is 1.54. The molecule has 1 unspecified atom stereocenters. The summed E-state index contributed by atoms with van der Waals surface area (Å²) in [7, 11) is 1.74. The summed E-state index contributed by atoms with van der Waals surface area (Å²) in [5.41, 5.74) is 0.420. The van der Waals surface area contributed by atoms with Crippen molar-refractivity contribution in [2.75, 3.05) is 13.6 Å². The first-order chi connectivity index (χ1) is 9.63. The second kappa shape index (κ2) is 4.90. The van der Waals surface area contributed by atoms with E-state index in [-0.39, 0.29) is 17.3 Å². The zero-order valence-corrected chi connectivity index (χ0v) is 11.8. The minimum absolute atomic E-state index is 0.0597. The highest BCUT2D eigenvalue weighted by Gasteiger charge is 2.33. The van der Waals surface area contributed by atoms with E-state index in [1.165, 1.54) is 4.57 Å². The Labute approximate surface area is 120 Å². The molecule has 0 N–H and O–H groups in total. The van der Waals surface area contributed by atoms with E-state index in [1.54, 1.807) is 30.1 Å². The van der Waals surface area contributed by atoms with Crippen molar-refractivity contribution in [2.24, 2.45) is 0 Å². The number of halogens is 1. The van der Waals surface area contributed by atoms with E-state index < -0.39 is 6.04 Å². The van der Waals surface area contributed by atoms with Crippen LogP contribution in [-0.4, -0.2) is 34.0 Å². The highest BCUT2D eigenvalue weighted by atomic mass is 35.5. The van der Waals surface area contributed by atoms with Crippen molar-refractivity contribution in [3.8, 4) is 0 Å². The van der Waals surface area contributed by atoms with E-state index in [9.17, 15) is 9.59 Å². The molecule has 1 saturated heterocycles. The summed E-state index contributed by atoms with van der Waals surface area (Å²) < 4.78 is 1.46. The Balaban J connectivity index is 2.26. The molecule has 5 nitrogen and oxygen atoms in total. The number of rotatable bonds is 2. The first kappa shape index (κ1) is 13.1. The number of hydrogen-bond acceptors (Lipinski definition) is 3. The average Bonchev–Trinajstić information content (AvgIpc) is 2.79. The van der Waals surface area contributed by atoms with Gasteiger partial charge in [0, 0.05) is 13.6 Å². The number of fused-ring (bicyclic) bond motifs is 1. The number of likely N-dealkylation sites (tertiary alicyclic amines) is 1. The van der Waals surface area contributed by atoms with Gasteiger partial charge in [-0.1, -0.05) is 12.1 Å². The Hall–Kier alpha value is -1.88. The number of likely N-dealkylation sites (N-methyl/N-ethyl adjacent to an activating group) is 1. The molecule has 1 aromatic carbocycles. The predicted molar refractivity (Wildman–Crippen MR) is 76.9 cm³/mol. The number of aromatic nitrogens is 2. The molecule has 20 heavy (non-hydrogen) atoms. The van der Waals surface area contributed by atoms with Crippen LogP contribution < -0.4 is 5.56 Å². The van der Waals surface area contributed by atoms with Crippen LogP contribution in [0.3, 0.4) is 0 Å². The summed E-state index contributed by atoms with van der Waals surface area (Å²) in [6.45, 7) is 0.643. The Bertz CT molecular complexity index is 741. The van der Waals surface area contributed by atoms with Gasteiger partial charge in [-0.3, -0.25) is 14.2 Å². The molecule has 104 valence electrons. The van der Waals surface area contributed by atoms with Gasteiger partial charge in [-0.15, -0.1) is 11.6 Å². The zero-order valence-electron chi connectivity index (χ0n) is 11.0. The lowest BCUT2D eigenvalue weighted by molar-refractivity contribution is -0.129. The Morgan fingerprint density at radius 3 is 2.75 bits per heavy atom. The first-order valence-corrected chi connectivity index (χ1v) is 6.98. The molecule has 1 atom stereocenters. The molecule has 2 heterocycles. The monoisotopic (exact) mass is 291 g/mol. The fraction of sp³-hybridized carbons (Fsp3) is 0.357. The van der Waals surface area contributed by atoms with E-state index >= 15 is 0 Å². The third-order valence-electron chi connectivity index (χ3n) is 3.71. The van der Waals surface area contributed by atoms with Crippen LogP contribution in [-0.2, 0) is 10.7 Å². The minimum Gasteiger partial charge on any atom is -0.344 e. The number of hydrogen-bond donors (Lipinski definition) is 0. The topological polar surface area (TPSA) is 55.2 Å². The molecule has 1 aliphatic heterocycles. The average molecular weight is 292 g/mol. The van der Waals surface area contributed by atoms with Crippen molar-refractivity contribution in [1.29, 1.82) is 0 Å². The van der Waals surface area contributed by atoms with Crippen LogP contribution in [0.5, 0.6) is 0 Å². The largest absolute Gasteiger partial charge is 0.344 e. The van der Waals surface area contributed by atoms with E-state index in [1.807, 2.05) is 6.07 Å². The lowest BCUT2D eigenvalue weighted by Crippen LogP contribution is -2.33. The maximum absolute atomic E-state index is 12.6. The van der Waals surface area contributed by atoms with Gasteiger partial charge in [0.2, 0.25) is 5.91 Å². The van der Waals surface area contributed by atoms with E-state index in [4.69, 9.17) is 11.6 Å². The Kier molecular flexibility index (Phi) is 3.22. The highest BCUT2D eigenvalue weighted by Crippen LogP contribution is 2.23. The molecule has 1 aromatic heterocycles. The molecule has 0 spiro atoms. The lowest BCUT2D eigenvalue weighted by Gasteiger charge is -2.17. The van der Waals surface area contributed by atoms with Crippen molar-refractivity contribution in [3.05, 3.63) is 40.4 Å². The van der Waals surface area contributed by atoms with Gasteiger partial charge in [-0.05, 0) is 18.6 Å². The van der Waals surface area contributed by atoms with Crippen LogP contribution in [0.2, 0.25) is 0 Å². The van der Waals surface area contributed by atoms with Crippen LogP contribution in [0.1, 0.15) is 18.3 Å². The number of para-hydroxylation sites is 1. The number of amides is 1. The SMILES string of the molecule is CN1CCC(n2c(CCl)nc3ccccc3c2=O)C1=O. The second-order valence-electron chi connectivity index (χ2n) is 4.92. The van der Waals surface area contributed by atoms with Crippen LogP contribution in [0, 0.1) is 0 Å². The molecule has 6 heteroatoms. The Morgan fingerprint density at radius 1 is 1.35 bits per heavy atom. The first-order valence-electron chi connectivity index (χ1n) is 6.44.